The molecule has 1 amide bonds. The quantitative estimate of drug-likeness (QED) is 0.651. The predicted molar refractivity (Wildman–Crippen MR) is 117 cm³/mol. The Morgan fingerprint density at radius 3 is 2.53 bits per heavy atom. The molecule has 6 nitrogen and oxygen atoms in total. The zero-order valence-corrected chi connectivity index (χ0v) is 17.6. The molecule has 0 aromatic heterocycles. The number of hydrogen-bond donors (Lipinski definition) is 1. The first-order valence-electron chi connectivity index (χ1n) is 9.92. The maximum absolute atomic E-state index is 12.8. The molecule has 3 aromatic carbocycles. The van der Waals surface area contributed by atoms with Crippen LogP contribution in [0.1, 0.15) is 23.2 Å². The Morgan fingerprint density at radius 2 is 1.80 bits per heavy atom. The zero-order chi connectivity index (χ0) is 21.1. The standard InChI is InChI=1S/C23H24N2O4S/c1-25(16-19-8-5-15-29-19)30(27,28)20-13-11-18(12-14-20)23(26)24-22-10-4-7-17-6-2-3-9-21(17)22/h2-4,6-7,9-14,19H,5,8,15-16H2,1H3,(H,24,26). The fraction of sp³-hybridized carbons (Fsp3) is 0.261. The number of carbonyl (C=O) groups excluding carboxylic acids is 1. The highest BCUT2D eigenvalue weighted by atomic mass is 32.2. The van der Waals surface area contributed by atoms with Gasteiger partial charge in [0.2, 0.25) is 10.0 Å². The van der Waals surface area contributed by atoms with E-state index in [1.54, 1.807) is 7.05 Å². The number of benzene rings is 3. The third-order valence-corrected chi connectivity index (χ3v) is 7.18. The molecule has 1 atom stereocenters. The molecule has 3 aromatic rings. The predicted octanol–water partition coefficient (Wildman–Crippen LogP) is 3.89. The van der Waals surface area contributed by atoms with Crippen molar-refractivity contribution < 1.29 is 17.9 Å². The van der Waals surface area contributed by atoms with Crippen molar-refractivity contribution in [3.63, 3.8) is 0 Å². The monoisotopic (exact) mass is 424 g/mol. The molecule has 156 valence electrons. The van der Waals surface area contributed by atoms with Crippen LogP contribution in [0.4, 0.5) is 5.69 Å². The number of hydrogen-bond acceptors (Lipinski definition) is 4. The third-order valence-electron chi connectivity index (χ3n) is 5.35. The molecular formula is C23H24N2O4S. The van der Waals surface area contributed by atoms with Crippen LogP contribution in [0.3, 0.4) is 0 Å². The molecule has 0 saturated carbocycles. The fourth-order valence-corrected chi connectivity index (χ4v) is 4.86. The Labute approximate surface area is 176 Å². The number of fused-ring (bicyclic) bond motifs is 1. The summed E-state index contributed by atoms with van der Waals surface area (Å²) in [4.78, 5) is 12.9. The van der Waals surface area contributed by atoms with Crippen LogP contribution in [0.25, 0.3) is 10.8 Å². The van der Waals surface area contributed by atoms with E-state index in [-0.39, 0.29) is 16.9 Å². The number of rotatable bonds is 6. The van der Waals surface area contributed by atoms with Gasteiger partial charge in [0.05, 0.1) is 11.0 Å². The first kappa shape index (κ1) is 20.5. The summed E-state index contributed by atoms with van der Waals surface area (Å²) in [5.74, 6) is -0.289. The lowest BCUT2D eigenvalue weighted by molar-refractivity contribution is 0.0979. The van der Waals surface area contributed by atoms with Gasteiger partial charge in [0.15, 0.2) is 0 Å². The molecule has 1 N–H and O–H groups in total. The molecule has 1 saturated heterocycles. The molecule has 0 radical (unpaired) electrons. The van der Waals surface area contributed by atoms with E-state index in [2.05, 4.69) is 5.32 Å². The topological polar surface area (TPSA) is 75.7 Å². The van der Waals surface area contributed by atoms with Gasteiger partial charge in [-0.2, -0.15) is 4.31 Å². The van der Waals surface area contributed by atoms with Crippen molar-refractivity contribution in [1.29, 1.82) is 0 Å². The number of nitrogens with one attached hydrogen (secondary N) is 1. The summed E-state index contributed by atoms with van der Waals surface area (Å²) in [5, 5.41) is 4.90. The molecule has 0 spiro atoms. The van der Waals surface area contributed by atoms with Crippen molar-refractivity contribution >= 4 is 32.4 Å². The van der Waals surface area contributed by atoms with Gasteiger partial charge in [-0.1, -0.05) is 36.4 Å². The number of ether oxygens (including phenoxy) is 1. The highest BCUT2D eigenvalue weighted by molar-refractivity contribution is 7.89. The van der Waals surface area contributed by atoms with Crippen LogP contribution in [-0.4, -0.2) is 44.9 Å². The van der Waals surface area contributed by atoms with Gasteiger partial charge in [-0.05, 0) is 48.6 Å². The molecule has 1 unspecified atom stereocenters. The molecule has 1 heterocycles. The first-order valence-corrected chi connectivity index (χ1v) is 11.4. The summed E-state index contributed by atoms with van der Waals surface area (Å²) in [5.41, 5.74) is 1.11. The van der Waals surface area contributed by atoms with Crippen LogP contribution in [0.5, 0.6) is 0 Å². The molecule has 1 aliphatic heterocycles. The van der Waals surface area contributed by atoms with Gasteiger partial charge in [0, 0.05) is 36.8 Å². The minimum atomic E-state index is -3.63. The van der Waals surface area contributed by atoms with Crippen LogP contribution in [0.2, 0.25) is 0 Å². The molecule has 4 rings (SSSR count). The van der Waals surface area contributed by atoms with E-state index in [4.69, 9.17) is 4.74 Å². The minimum absolute atomic E-state index is 0.0597. The zero-order valence-electron chi connectivity index (χ0n) is 16.7. The van der Waals surface area contributed by atoms with E-state index in [0.29, 0.717) is 24.4 Å². The van der Waals surface area contributed by atoms with Gasteiger partial charge < -0.3 is 10.1 Å². The number of carbonyl (C=O) groups is 1. The molecular weight excluding hydrogens is 400 g/mol. The van der Waals surface area contributed by atoms with E-state index in [0.717, 1.165) is 23.6 Å². The van der Waals surface area contributed by atoms with Gasteiger partial charge in [-0.25, -0.2) is 8.42 Å². The Kier molecular flexibility index (Phi) is 5.85. The Balaban J connectivity index is 1.49. The van der Waals surface area contributed by atoms with E-state index in [1.807, 2.05) is 42.5 Å². The SMILES string of the molecule is CN(CC1CCCO1)S(=O)(=O)c1ccc(C(=O)Nc2cccc3ccccc23)cc1. The van der Waals surface area contributed by atoms with Crippen LogP contribution < -0.4 is 5.32 Å². The summed E-state index contributed by atoms with van der Waals surface area (Å²) < 4.78 is 32.5. The van der Waals surface area contributed by atoms with Crippen molar-refractivity contribution in [2.75, 3.05) is 25.5 Å². The highest BCUT2D eigenvalue weighted by Crippen LogP contribution is 2.24. The molecule has 1 fully saturated rings. The average molecular weight is 425 g/mol. The highest BCUT2D eigenvalue weighted by Gasteiger charge is 2.26. The maximum Gasteiger partial charge on any atom is 0.255 e. The van der Waals surface area contributed by atoms with Crippen molar-refractivity contribution in [2.24, 2.45) is 0 Å². The smallest absolute Gasteiger partial charge is 0.255 e. The summed E-state index contributed by atoms with van der Waals surface area (Å²) in [6.45, 7) is 1.00. The van der Waals surface area contributed by atoms with Gasteiger partial charge in [-0.15, -0.1) is 0 Å². The molecule has 7 heteroatoms. The van der Waals surface area contributed by atoms with Gasteiger partial charge in [-0.3, -0.25) is 4.79 Å². The Bertz CT molecular complexity index is 1150. The molecule has 0 aliphatic carbocycles. The van der Waals surface area contributed by atoms with Crippen molar-refractivity contribution in [3.05, 3.63) is 72.3 Å². The lowest BCUT2D eigenvalue weighted by Crippen LogP contribution is -2.34. The largest absolute Gasteiger partial charge is 0.377 e. The second-order valence-corrected chi connectivity index (χ2v) is 9.47. The normalized spacial score (nSPS) is 16.8. The lowest BCUT2D eigenvalue weighted by Gasteiger charge is -2.20. The van der Waals surface area contributed by atoms with Crippen LogP contribution in [0, 0.1) is 0 Å². The summed E-state index contributed by atoms with van der Waals surface area (Å²) in [7, 11) is -2.08. The summed E-state index contributed by atoms with van der Waals surface area (Å²) in [6, 6.07) is 19.5. The third kappa shape index (κ3) is 4.23. The number of anilines is 1. The van der Waals surface area contributed by atoms with E-state index >= 15 is 0 Å². The summed E-state index contributed by atoms with van der Waals surface area (Å²) >= 11 is 0. The van der Waals surface area contributed by atoms with E-state index in [9.17, 15) is 13.2 Å². The van der Waals surface area contributed by atoms with E-state index in [1.165, 1.54) is 28.6 Å². The van der Waals surface area contributed by atoms with Gasteiger partial charge in [0.1, 0.15) is 0 Å². The second kappa shape index (κ2) is 8.55. The van der Waals surface area contributed by atoms with Gasteiger partial charge >= 0.3 is 0 Å². The first-order chi connectivity index (χ1) is 14.4. The Morgan fingerprint density at radius 1 is 1.07 bits per heavy atom. The number of amides is 1. The molecule has 0 bridgehead atoms. The van der Waals surface area contributed by atoms with Crippen molar-refractivity contribution in [1.82, 2.24) is 4.31 Å². The minimum Gasteiger partial charge on any atom is -0.377 e. The maximum atomic E-state index is 12.8. The van der Waals surface area contributed by atoms with Crippen LogP contribution in [-0.2, 0) is 14.8 Å². The Hall–Kier alpha value is -2.74. The molecule has 1 aliphatic rings. The number of nitrogens with zero attached hydrogens (tertiary/aromatic N) is 1. The molecule has 30 heavy (non-hydrogen) atoms. The van der Waals surface area contributed by atoms with E-state index < -0.39 is 10.0 Å². The van der Waals surface area contributed by atoms with Crippen molar-refractivity contribution in [2.45, 2.75) is 23.8 Å². The number of likely N-dealkylation sites (N-methyl/N-ethyl adjacent to an activating group) is 1. The van der Waals surface area contributed by atoms with Crippen molar-refractivity contribution in [3.8, 4) is 0 Å². The summed E-state index contributed by atoms with van der Waals surface area (Å²) in [6.07, 6.45) is 1.77. The second-order valence-electron chi connectivity index (χ2n) is 7.43. The average Bonchev–Trinajstić information content (AvgIpc) is 3.27. The van der Waals surface area contributed by atoms with Crippen LogP contribution in [0.15, 0.2) is 71.6 Å². The number of sulfonamides is 1. The van der Waals surface area contributed by atoms with Gasteiger partial charge in [0.25, 0.3) is 5.91 Å². The van der Waals surface area contributed by atoms with Crippen LogP contribution >= 0.6 is 0 Å². The lowest BCUT2D eigenvalue weighted by atomic mass is 10.1. The fourth-order valence-electron chi connectivity index (χ4n) is 3.66.